The lowest BCUT2D eigenvalue weighted by molar-refractivity contribution is 0.0952. The second-order valence-electron chi connectivity index (χ2n) is 6.03. The first-order valence-corrected chi connectivity index (χ1v) is 10.3. The maximum atomic E-state index is 12.4. The molecule has 1 amide bonds. The SMILES string of the molecule is CCCOc1ccc2ccccc2c1/C=N\NC(=O)c1cc(Br)cc(Br)c1O. The Bertz CT molecular complexity index is 1050. The number of rotatable bonds is 6. The number of nitrogens with one attached hydrogen (secondary N) is 1. The predicted molar refractivity (Wildman–Crippen MR) is 118 cm³/mol. The minimum Gasteiger partial charge on any atom is -0.506 e. The van der Waals surface area contributed by atoms with Crippen LogP contribution in [-0.2, 0) is 0 Å². The maximum absolute atomic E-state index is 12.4. The van der Waals surface area contributed by atoms with Crippen molar-refractivity contribution < 1.29 is 14.6 Å². The van der Waals surface area contributed by atoms with Crippen LogP contribution in [0.1, 0.15) is 29.3 Å². The minimum atomic E-state index is -0.521. The Morgan fingerprint density at radius 3 is 2.79 bits per heavy atom. The first kappa shape index (κ1) is 20.4. The molecular weight excluding hydrogens is 488 g/mol. The first-order chi connectivity index (χ1) is 13.5. The summed E-state index contributed by atoms with van der Waals surface area (Å²) in [5, 5.41) is 16.2. The molecule has 0 aliphatic rings. The third-order valence-corrected chi connectivity index (χ3v) is 5.09. The van der Waals surface area contributed by atoms with E-state index in [1.807, 2.05) is 43.3 Å². The van der Waals surface area contributed by atoms with Gasteiger partial charge in [-0.1, -0.05) is 53.2 Å². The Morgan fingerprint density at radius 2 is 2.00 bits per heavy atom. The molecule has 0 aliphatic carbocycles. The van der Waals surface area contributed by atoms with E-state index in [2.05, 4.69) is 42.4 Å². The molecule has 144 valence electrons. The number of benzene rings is 3. The second kappa shape index (κ2) is 9.21. The molecule has 3 rings (SSSR count). The average Bonchev–Trinajstić information content (AvgIpc) is 2.69. The largest absolute Gasteiger partial charge is 0.506 e. The summed E-state index contributed by atoms with van der Waals surface area (Å²) in [5.41, 5.74) is 3.36. The monoisotopic (exact) mass is 504 g/mol. The number of hydrogen-bond donors (Lipinski definition) is 2. The molecule has 0 heterocycles. The molecule has 7 heteroatoms. The van der Waals surface area contributed by atoms with Crippen molar-refractivity contribution in [3.63, 3.8) is 0 Å². The van der Waals surface area contributed by atoms with Gasteiger partial charge in [0.05, 0.1) is 22.9 Å². The van der Waals surface area contributed by atoms with Gasteiger partial charge < -0.3 is 9.84 Å². The fourth-order valence-corrected chi connectivity index (χ4v) is 3.93. The summed E-state index contributed by atoms with van der Waals surface area (Å²) in [5.74, 6) is 0.0339. The Morgan fingerprint density at radius 1 is 1.21 bits per heavy atom. The van der Waals surface area contributed by atoms with E-state index in [1.165, 1.54) is 6.07 Å². The van der Waals surface area contributed by atoms with Crippen LogP contribution in [0.4, 0.5) is 0 Å². The summed E-state index contributed by atoms with van der Waals surface area (Å²) in [6.07, 6.45) is 2.45. The highest BCUT2D eigenvalue weighted by Gasteiger charge is 2.14. The van der Waals surface area contributed by atoms with Crippen molar-refractivity contribution in [1.82, 2.24) is 5.43 Å². The number of phenolic OH excluding ortho intramolecular Hbond substituents is 1. The van der Waals surface area contributed by atoms with Crippen molar-refractivity contribution in [2.24, 2.45) is 5.10 Å². The number of amides is 1. The summed E-state index contributed by atoms with van der Waals surface area (Å²) in [4.78, 5) is 12.4. The lowest BCUT2D eigenvalue weighted by Gasteiger charge is -2.11. The van der Waals surface area contributed by atoms with E-state index in [0.29, 0.717) is 21.3 Å². The highest BCUT2D eigenvalue weighted by molar-refractivity contribution is 9.11. The zero-order valence-corrected chi connectivity index (χ0v) is 18.2. The number of ether oxygens (including phenoxy) is 1. The number of nitrogens with zero attached hydrogens (tertiary/aromatic N) is 1. The van der Waals surface area contributed by atoms with Crippen molar-refractivity contribution in [1.29, 1.82) is 0 Å². The number of aromatic hydroxyl groups is 1. The fourth-order valence-electron chi connectivity index (χ4n) is 2.70. The van der Waals surface area contributed by atoms with Crippen LogP contribution >= 0.6 is 31.9 Å². The van der Waals surface area contributed by atoms with E-state index in [-0.39, 0.29) is 11.3 Å². The van der Waals surface area contributed by atoms with Crippen LogP contribution in [0.2, 0.25) is 0 Å². The summed E-state index contributed by atoms with van der Waals surface area (Å²) < 4.78 is 6.91. The summed E-state index contributed by atoms with van der Waals surface area (Å²) >= 11 is 6.52. The number of phenols is 1. The highest BCUT2D eigenvalue weighted by Crippen LogP contribution is 2.31. The van der Waals surface area contributed by atoms with Gasteiger partial charge in [0.15, 0.2) is 0 Å². The quantitative estimate of drug-likeness (QED) is 0.337. The molecule has 0 aromatic heterocycles. The van der Waals surface area contributed by atoms with Crippen LogP contribution in [0.5, 0.6) is 11.5 Å². The number of fused-ring (bicyclic) bond motifs is 1. The highest BCUT2D eigenvalue weighted by atomic mass is 79.9. The molecule has 0 saturated carbocycles. The van der Waals surface area contributed by atoms with E-state index in [0.717, 1.165) is 22.8 Å². The van der Waals surface area contributed by atoms with Crippen LogP contribution < -0.4 is 10.2 Å². The third-order valence-electron chi connectivity index (χ3n) is 4.02. The molecule has 0 spiro atoms. The predicted octanol–water partition coefficient (Wildman–Crippen LogP) is 5.62. The van der Waals surface area contributed by atoms with E-state index >= 15 is 0 Å². The molecular formula is C21H18Br2N2O3. The van der Waals surface area contributed by atoms with Crippen LogP contribution in [0.15, 0.2) is 62.6 Å². The minimum absolute atomic E-state index is 0.110. The van der Waals surface area contributed by atoms with Crippen molar-refractivity contribution in [3.05, 3.63) is 68.6 Å². The third kappa shape index (κ3) is 4.54. The van der Waals surface area contributed by atoms with Crippen LogP contribution in [-0.4, -0.2) is 23.8 Å². The zero-order chi connectivity index (χ0) is 20.1. The van der Waals surface area contributed by atoms with Gasteiger partial charge in [0.2, 0.25) is 0 Å². The molecule has 0 atom stereocenters. The molecule has 2 N–H and O–H groups in total. The molecule has 5 nitrogen and oxygen atoms in total. The summed E-state index contributed by atoms with van der Waals surface area (Å²) in [6.45, 7) is 2.63. The van der Waals surface area contributed by atoms with Gasteiger partial charge in [0, 0.05) is 10.0 Å². The molecule has 3 aromatic carbocycles. The van der Waals surface area contributed by atoms with E-state index < -0.39 is 5.91 Å². The number of hydrogen-bond acceptors (Lipinski definition) is 4. The van der Waals surface area contributed by atoms with Gasteiger partial charge in [0.25, 0.3) is 5.91 Å². The first-order valence-electron chi connectivity index (χ1n) is 8.67. The molecule has 0 saturated heterocycles. The van der Waals surface area contributed by atoms with E-state index in [4.69, 9.17) is 4.74 Å². The van der Waals surface area contributed by atoms with E-state index in [1.54, 1.807) is 12.3 Å². The maximum Gasteiger partial charge on any atom is 0.275 e. The molecule has 0 fully saturated rings. The summed E-state index contributed by atoms with van der Waals surface area (Å²) in [7, 11) is 0. The molecule has 0 radical (unpaired) electrons. The summed E-state index contributed by atoms with van der Waals surface area (Å²) in [6, 6.07) is 15.0. The van der Waals surface area contributed by atoms with Gasteiger partial charge in [-0.2, -0.15) is 5.10 Å². The van der Waals surface area contributed by atoms with Gasteiger partial charge in [-0.3, -0.25) is 4.79 Å². The zero-order valence-electron chi connectivity index (χ0n) is 15.1. The number of carbonyl (C=O) groups is 1. The standard InChI is InChI=1S/C21H18Br2N2O3/c1-2-9-28-19-8-7-13-5-3-4-6-15(13)17(19)12-24-25-21(27)16-10-14(22)11-18(23)20(16)26/h3-8,10-12,26H,2,9H2,1H3,(H,25,27)/b24-12-. The van der Waals surface area contributed by atoms with E-state index in [9.17, 15) is 9.90 Å². The molecule has 28 heavy (non-hydrogen) atoms. The van der Waals surface area contributed by atoms with Crippen LogP contribution in [0.25, 0.3) is 10.8 Å². The van der Waals surface area contributed by atoms with Crippen LogP contribution in [0.3, 0.4) is 0 Å². The lowest BCUT2D eigenvalue weighted by atomic mass is 10.0. The number of hydrazone groups is 1. The Hall–Kier alpha value is -2.38. The second-order valence-corrected chi connectivity index (χ2v) is 7.80. The molecule has 0 unspecified atom stereocenters. The van der Waals surface area contributed by atoms with Crippen molar-refractivity contribution in [2.45, 2.75) is 13.3 Å². The molecule has 0 bridgehead atoms. The Balaban J connectivity index is 1.89. The van der Waals surface area contributed by atoms with Crippen molar-refractivity contribution in [2.75, 3.05) is 6.61 Å². The lowest BCUT2D eigenvalue weighted by Crippen LogP contribution is -2.18. The normalized spacial score (nSPS) is 11.1. The van der Waals surface area contributed by atoms with Gasteiger partial charge in [-0.15, -0.1) is 0 Å². The van der Waals surface area contributed by atoms with Crippen molar-refractivity contribution >= 4 is 54.8 Å². The molecule has 3 aromatic rings. The number of halogens is 2. The average molecular weight is 506 g/mol. The Labute approximate surface area is 179 Å². The molecule has 0 aliphatic heterocycles. The Kier molecular flexibility index (Phi) is 6.70. The van der Waals surface area contributed by atoms with Crippen LogP contribution in [0, 0.1) is 0 Å². The van der Waals surface area contributed by atoms with Gasteiger partial charge in [-0.25, -0.2) is 5.43 Å². The number of carbonyl (C=O) groups excluding carboxylic acids is 1. The van der Waals surface area contributed by atoms with Gasteiger partial charge >= 0.3 is 0 Å². The van der Waals surface area contributed by atoms with Crippen molar-refractivity contribution in [3.8, 4) is 11.5 Å². The smallest absolute Gasteiger partial charge is 0.275 e. The van der Waals surface area contributed by atoms with Gasteiger partial charge in [-0.05, 0) is 51.3 Å². The fraction of sp³-hybridized carbons (Fsp3) is 0.143. The topological polar surface area (TPSA) is 70.9 Å². The van der Waals surface area contributed by atoms with Gasteiger partial charge in [0.1, 0.15) is 11.5 Å².